The van der Waals surface area contributed by atoms with Crippen molar-refractivity contribution in [2.24, 2.45) is 5.92 Å². The van der Waals surface area contributed by atoms with Gasteiger partial charge in [-0.1, -0.05) is 19.8 Å². The number of amides is 1. The fraction of sp³-hybridized carbons (Fsp3) is 0.800. The standard InChI is InChI=1S/C10H16N2O/c1-2-3-4-5-12-8-9(7-11)6-10(12)13/h9H,2-6,8H2,1H3. The summed E-state index contributed by atoms with van der Waals surface area (Å²) in [6, 6.07) is 2.15. The molecule has 13 heavy (non-hydrogen) atoms. The van der Waals surface area contributed by atoms with Gasteiger partial charge in [-0.2, -0.15) is 5.26 Å². The second kappa shape index (κ2) is 4.86. The van der Waals surface area contributed by atoms with Crippen molar-refractivity contribution in [3.05, 3.63) is 0 Å². The van der Waals surface area contributed by atoms with Gasteiger partial charge in [-0.25, -0.2) is 0 Å². The molecule has 0 aromatic heterocycles. The van der Waals surface area contributed by atoms with Crippen molar-refractivity contribution in [3.63, 3.8) is 0 Å². The SMILES string of the molecule is CCCCCN1CC(C#N)CC1=O. The Morgan fingerprint density at radius 3 is 2.92 bits per heavy atom. The van der Waals surface area contributed by atoms with Crippen LogP contribution in [0.3, 0.4) is 0 Å². The Labute approximate surface area is 79.3 Å². The highest BCUT2D eigenvalue weighted by Crippen LogP contribution is 2.17. The number of nitriles is 1. The monoisotopic (exact) mass is 180 g/mol. The van der Waals surface area contributed by atoms with Crippen molar-refractivity contribution in [2.75, 3.05) is 13.1 Å². The minimum absolute atomic E-state index is 0.0610. The molecule has 0 N–H and O–H groups in total. The molecule has 1 rings (SSSR count). The molecule has 1 aliphatic heterocycles. The summed E-state index contributed by atoms with van der Waals surface area (Å²) in [4.78, 5) is 13.1. The van der Waals surface area contributed by atoms with E-state index in [0.717, 1.165) is 13.0 Å². The lowest BCUT2D eigenvalue weighted by atomic mass is 10.1. The van der Waals surface area contributed by atoms with E-state index in [2.05, 4.69) is 13.0 Å². The van der Waals surface area contributed by atoms with Gasteiger partial charge in [0.15, 0.2) is 0 Å². The van der Waals surface area contributed by atoms with Gasteiger partial charge < -0.3 is 4.90 Å². The van der Waals surface area contributed by atoms with Crippen molar-refractivity contribution in [2.45, 2.75) is 32.6 Å². The average molecular weight is 180 g/mol. The molecule has 0 aromatic rings. The molecule has 1 unspecified atom stereocenters. The van der Waals surface area contributed by atoms with Gasteiger partial charge in [0.2, 0.25) is 5.91 Å². The molecule has 3 heteroatoms. The van der Waals surface area contributed by atoms with E-state index < -0.39 is 0 Å². The predicted octanol–water partition coefficient (Wildman–Crippen LogP) is 1.55. The van der Waals surface area contributed by atoms with Crippen molar-refractivity contribution < 1.29 is 4.79 Å². The topological polar surface area (TPSA) is 44.1 Å². The molecule has 1 heterocycles. The van der Waals surface area contributed by atoms with Gasteiger partial charge in [0.1, 0.15) is 0 Å². The van der Waals surface area contributed by atoms with E-state index in [9.17, 15) is 4.79 Å². The van der Waals surface area contributed by atoms with Gasteiger partial charge in [-0.15, -0.1) is 0 Å². The molecule has 0 aromatic carbocycles. The van der Waals surface area contributed by atoms with Crippen molar-refractivity contribution in [1.82, 2.24) is 4.90 Å². The molecule has 1 aliphatic rings. The molecule has 1 atom stereocenters. The van der Waals surface area contributed by atoms with E-state index in [1.165, 1.54) is 12.8 Å². The summed E-state index contributed by atoms with van der Waals surface area (Å²) in [6.45, 7) is 3.63. The summed E-state index contributed by atoms with van der Waals surface area (Å²) in [6.07, 6.45) is 3.84. The predicted molar refractivity (Wildman–Crippen MR) is 49.8 cm³/mol. The number of likely N-dealkylation sites (tertiary alicyclic amines) is 1. The van der Waals surface area contributed by atoms with Gasteiger partial charge in [0, 0.05) is 19.5 Å². The van der Waals surface area contributed by atoms with Crippen LogP contribution < -0.4 is 0 Å². The molecule has 1 amide bonds. The third-order valence-corrected chi connectivity index (χ3v) is 2.43. The number of nitrogens with zero attached hydrogens (tertiary/aromatic N) is 2. The maximum Gasteiger partial charge on any atom is 0.224 e. The molecule has 72 valence electrons. The van der Waals surface area contributed by atoms with Gasteiger partial charge in [-0.3, -0.25) is 4.79 Å². The normalized spacial score (nSPS) is 22.0. The summed E-state index contributed by atoms with van der Waals surface area (Å²) < 4.78 is 0. The molecule has 0 spiro atoms. The highest BCUT2D eigenvalue weighted by Gasteiger charge is 2.28. The van der Waals surface area contributed by atoms with Crippen molar-refractivity contribution >= 4 is 5.91 Å². The molecular formula is C10H16N2O. The zero-order valence-corrected chi connectivity index (χ0v) is 8.12. The van der Waals surface area contributed by atoms with Crippen LogP contribution in [0.25, 0.3) is 0 Å². The van der Waals surface area contributed by atoms with Gasteiger partial charge >= 0.3 is 0 Å². The van der Waals surface area contributed by atoms with Crippen LogP contribution in [0.4, 0.5) is 0 Å². The highest BCUT2D eigenvalue weighted by molar-refractivity contribution is 5.79. The maximum absolute atomic E-state index is 11.3. The summed E-state index contributed by atoms with van der Waals surface area (Å²) >= 11 is 0. The summed E-state index contributed by atoms with van der Waals surface area (Å²) in [7, 11) is 0. The molecule has 1 saturated heterocycles. The number of hydrogen-bond donors (Lipinski definition) is 0. The molecule has 1 fully saturated rings. The average Bonchev–Trinajstić information content (AvgIpc) is 2.48. The van der Waals surface area contributed by atoms with E-state index in [1.807, 2.05) is 4.90 Å². The van der Waals surface area contributed by atoms with E-state index >= 15 is 0 Å². The Balaban J connectivity index is 2.28. The lowest BCUT2D eigenvalue weighted by Crippen LogP contribution is -2.26. The van der Waals surface area contributed by atoms with Crippen LogP contribution in [-0.4, -0.2) is 23.9 Å². The third kappa shape index (κ3) is 2.73. The van der Waals surface area contributed by atoms with Crippen LogP contribution in [-0.2, 0) is 4.79 Å². The molecule has 0 saturated carbocycles. The number of hydrogen-bond acceptors (Lipinski definition) is 2. The van der Waals surface area contributed by atoms with Gasteiger partial charge in [0.05, 0.1) is 12.0 Å². The second-order valence-electron chi connectivity index (χ2n) is 3.58. The largest absolute Gasteiger partial charge is 0.341 e. The Hall–Kier alpha value is -1.04. The lowest BCUT2D eigenvalue weighted by molar-refractivity contribution is -0.127. The van der Waals surface area contributed by atoms with Crippen LogP contribution >= 0.6 is 0 Å². The van der Waals surface area contributed by atoms with Gasteiger partial charge in [0.25, 0.3) is 0 Å². The Kier molecular flexibility index (Phi) is 3.75. The quantitative estimate of drug-likeness (QED) is 0.616. The van der Waals surface area contributed by atoms with Crippen LogP contribution in [0, 0.1) is 17.2 Å². The minimum atomic E-state index is -0.0610. The Morgan fingerprint density at radius 2 is 2.38 bits per heavy atom. The zero-order chi connectivity index (χ0) is 9.68. The van der Waals surface area contributed by atoms with E-state index in [4.69, 9.17) is 5.26 Å². The van der Waals surface area contributed by atoms with Crippen molar-refractivity contribution in [3.8, 4) is 6.07 Å². The summed E-state index contributed by atoms with van der Waals surface area (Å²) in [5.41, 5.74) is 0. The highest BCUT2D eigenvalue weighted by atomic mass is 16.2. The third-order valence-electron chi connectivity index (χ3n) is 2.43. The van der Waals surface area contributed by atoms with Crippen LogP contribution in [0.1, 0.15) is 32.6 Å². The maximum atomic E-state index is 11.3. The van der Waals surface area contributed by atoms with E-state index in [0.29, 0.717) is 13.0 Å². The Bertz CT molecular complexity index is 219. The number of carbonyl (C=O) groups excluding carboxylic acids is 1. The van der Waals surface area contributed by atoms with Crippen molar-refractivity contribution in [1.29, 1.82) is 5.26 Å². The van der Waals surface area contributed by atoms with Crippen LogP contribution in [0.2, 0.25) is 0 Å². The first-order chi connectivity index (χ1) is 6.27. The number of carbonyl (C=O) groups is 1. The van der Waals surface area contributed by atoms with E-state index in [-0.39, 0.29) is 11.8 Å². The lowest BCUT2D eigenvalue weighted by Gasteiger charge is -2.14. The molecule has 0 aliphatic carbocycles. The van der Waals surface area contributed by atoms with E-state index in [1.54, 1.807) is 0 Å². The molecule has 0 bridgehead atoms. The fourth-order valence-electron chi connectivity index (χ4n) is 1.63. The fourth-order valence-corrected chi connectivity index (χ4v) is 1.63. The first-order valence-electron chi connectivity index (χ1n) is 4.95. The first kappa shape index (κ1) is 10.0. The smallest absolute Gasteiger partial charge is 0.224 e. The zero-order valence-electron chi connectivity index (χ0n) is 8.12. The van der Waals surface area contributed by atoms with Gasteiger partial charge in [-0.05, 0) is 6.42 Å². The first-order valence-corrected chi connectivity index (χ1v) is 4.95. The molecule has 0 radical (unpaired) electrons. The Morgan fingerprint density at radius 1 is 1.62 bits per heavy atom. The second-order valence-corrected chi connectivity index (χ2v) is 3.58. The molecular weight excluding hydrogens is 164 g/mol. The number of rotatable bonds is 4. The van der Waals surface area contributed by atoms with Crippen LogP contribution in [0.15, 0.2) is 0 Å². The summed E-state index contributed by atoms with van der Waals surface area (Å²) in [5.74, 6) is 0.0942. The minimum Gasteiger partial charge on any atom is -0.341 e. The van der Waals surface area contributed by atoms with Crippen LogP contribution in [0.5, 0.6) is 0 Å². The molecule has 3 nitrogen and oxygen atoms in total. The summed E-state index contributed by atoms with van der Waals surface area (Å²) in [5, 5.41) is 8.64. The number of unbranched alkanes of at least 4 members (excludes halogenated alkanes) is 2.